The lowest BCUT2D eigenvalue weighted by Crippen LogP contribution is -2.28. The van der Waals surface area contributed by atoms with Crippen molar-refractivity contribution >= 4 is 6.09 Å². The number of carbonyl (C=O) groups excluding carboxylic acids is 1. The normalized spacial score (nSPS) is 13.9. The molecule has 0 aromatic heterocycles. The molecule has 4 rings (SSSR count). The first-order chi connectivity index (χ1) is 14.8. The molecule has 1 aliphatic rings. The van der Waals surface area contributed by atoms with Crippen molar-refractivity contribution in [1.29, 1.82) is 0 Å². The Balaban J connectivity index is 1.20. The zero-order valence-electron chi connectivity index (χ0n) is 17.2. The zero-order chi connectivity index (χ0) is 20.6. The van der Waals surface area contributed by atoms with Gasteiger partial charge in [-0.2, -0.15) is 0 Å². The maximum atomic E-state index is 12.1. The van der Waals surface area contributed by atoms with Crippen LogP contribution >= 0.6 is 0 Å². The number of hydrogen-bond donors (Lipinski definition) is 1. The number of nitrogens with zero attached hydrogens (tertiary/aromatic N) is 1. The van der Waals surface area contributed by atoms with Crippen LogP contribution in [-0.4, -0.2) is 30.6 Å². The van der Waals surface area contributed by atoms with Gasteiger partial charge in [-0.3, -0.25) is 4.90 Å². The van der Waals surface area contributed by atoms with Crippen LogP contribution < -0.4 is 10.1 Å². The summed E-state index contributed by atoms with van der Waals surface area (Å²) >= 11 is 0. The van der Waals surface area contributed by atoms with Gasteiger partial charge in [0.15, 0.2) is 0 Å². The third kappa shape index (κ3) is 5.71. The lowest BCUT2D eigenvalue weighted by atomic mass is 10.1. The summed E-state index contributed by atoms with van der Waals surface area (Å²) < 4.78 is 5.38. The van der Waals surface area contributed by atoms with E-state index >= 15 is 0 Å². The summed E-state index contributed by atoms with van der Waals surface area (Å²) in [6.07, 6.45) is 2.99. The van der Waals surface area contributed by atoms with Gasteiger partial charge in [0.1, 0.15) is 5.75 Å². The van der Waals surface area contributed by atoms with Gasteiger partial charge in [0.25, 0.3) is 0 Å². The summed E-state index contributed by atoms with van der Waals surface area (Å²) in [5.74, 6) is 0.540. The van der Waals surface area contributed by atoms with Crippen LogP contribution in [0.1, 0.15) is 24.0 Å². The fourth-order valence-corrected chi connectivity index (χ4v) is 3.81. The second-order valence-corrected chi connectivity index (χ2v) is 7.76. The minimum Gasteiger partial charge on any atom is -0.410 e. The molecule has 1 fully saturated rings. The van der Waals surface area contributed by atoms with Crippen molar-refractivity contribution in [2.24, 2.45) is 0 Å². The largest absolute Gasteiger partial charge is 0.412 e. The number of carbonyl (C=O) groups is 1. The third-order valence-electron chi connectivity index (χ3n) is 5.48. The van der Waals surface area contributed by atoms with Crippen molar-refractivity contribution in [2.75, 3.05) is 19.6 Å². The minimum atomic E-state index is -0.423. The first-order valence-electron chi connectivity index (χ1n) is 10.7. The molecule has 0 saturated carbocycles. The van der Waals surface area contributed by atoms with E-state index in [1.807, 2.05) is 42.5 Å². The lowest BCUT2D eigenvalue weighted by molar-refractivity contribution is 0.200. The maximum Gasteiger partial charge on any atom is 0.412 e. The minimum absolute atomic E-state index is 0.423. The maximum absolute atomic E-state index is 12.1. The molecular weight excluding hydrogens is 372 g/mol. The first kappa shape index (κ1) is 20.2. The van der Waals surface area contributed by atoms with Crippen molar-refractivity contribution in [1.82, 2.24) is 10.2 Å². The smallest absolute Gasteiger partial charge is 0.410 e. The van der Waals surface area contributed by atoms with E-state index in [0.29, 0.717) is 12.3 Å². The SMILES string of the molecule is O=C(NCCc1ccc(CN2CCCC2)cc1)Oc1ccc(-c2ccccc2)cc1. The van der Waals surface area contributed by atoms with Crippen LogP contribution in [0.15, 0.2) is 78.9 Å². The highest BCUT2D eigenvalue weighted by atomic mass is 16.6. The molecule has 1 saturated heterocycles. The van der Waals surface area contributed by atoms with Crippen molar-refractivity contribution in [3.8, 4) is 16.9 Å². The molecule has 1 amide bonds. The molecule has 0 spiro atoms. The Kier molecular flexibility index (Phi) is 6.78. The summed E-state index contributed by atoms with van der Waals surface area (Å²) in [5, 5.41) is 2.83. The zero-order valence-corrected chi connectivity index (χ0v) is 17.2. The highest BCUT2D eigenvalue weighted by Gasteiger charge is 2.11. The van der Waals surface area contributed by atoms with Crippen molar-refractivity contribution in [3.63, 3.8) is 0 Å². The van der Waals surface area contributed by atoms with Gasteiger partial charge in [0.2, 0.25) is 0 Å². The molecule has 0 atom stereocenters. The molecule has 3 aromatic rings. The van der Waals surface area contributed by atoms with Crippen molar-refractivity contribution in [2.45, 2.75) is 25.8 Å². The summed E-state index contributed by atoms with van der Waals surface area (Å²) in [5.41, 5.74) is 4.80. The molecule has 0 bridgehead atoms. The summed E-state index contributed by atoms with van der Waals surface area (Å²) in [4.78, 5) is 14.6. The van der Waals surface area contributed by atoms with E-state index < -0.39 is 6.09 Å². The van der Waals surface area contributed by atoms with Gasteiger partial charge < -0.3 is 10.1 Å². The Morgan fingerprint density at radius 2 is 1.43 bits per heavy atom. The molecule has 4 nitrogen and oxygen atoms in total. The van der Waals surface area contributed by atoms with Crippen LogP contribution in [-0.2, 0) is 13.0 Å². The Hall–Kier alpha value is -3.11. The van der Waals surface area contributed by atoms with Gasteiger partial charge in [0, 0.05) is 13.1 Å². The topological polar surface area (TPSA) is 41.6 Å². The number of nitrogens with one attached hydrogen (secondary N) is 1. The number of ether oxygens (including phenoxy) is 1. The van der Waals surface area contributed by atoms with Crippen LogP contribution in [0.5, 0.6) is 5.75 Å². The van der Waals surface area contributed by atoms with E-state index in [2.05, 4.69) is 46.6 Å². The fourth-order valence-electron chi connectivity index (χ4n) is 3.81. The number of likely N-dealkylation sites (tertiary alicyclic amines) is 1. The van der Waals surface area contributed by atoms with Crippen LogP contribution in [0.4, 0.5) is 4.79 Å². The molecule has 1 heterocycles. The summed E-state index contributed by atoms with van der Waals surface area (Å²) in [6.45, 7) is 4.01. The van der Waals surface area contributed by atoms with Gasteiger partial charge in [-0.1, -0.05) is 66.7 Å². The Morgan fingerprint density at radius 1 is 0.800 bits per heavy atom. The number of hydrogen-bond acceptors (Lipinski definition) is 3. The Bertz CT molecular complexity index is 931. The summed E-state index contributed by atoms with van der Waals surface area (Å²) in [6, 6.07) is 26.4. The standard InChI is InChI=1S/C26H28N2O2/c29-26(30-25-14-12-24(13-15-25)23-6-2-1-3-7-23)27-17-16-21-8-10-22(11-9-21)20-28-18-4-5-19-28/h1-3,6-15H,4-5,16-20H2,(H,27,29). The van der Waals surface area contributed by atoms with Crippen molar-refractivity contribution < 1.29 is 9.53 Å². The van der Waals surface area contributed by atoms with Crippen molar-refractivity contribution in [3.05, 3.63) is 90.0 Å². The second kappa shape index (κ2) is 10.1. The second-order valence-electron chi connectivity index (χ2n) is 7.76. The molecule has 30 heavy (non-hydrogen) atoms. The van der Waals surface area contributed by atoms with Gasteiger partial charge >= 0.3 is 6.09 Å². The molecule has 0 aliphatic carbocycles. The third-order valence-corrected chi connectivity index (χ3v) is 5.48. The van der Waals surface area contributed by atoms with Crippen LogP contribution in [0, 0.1) is 0 Å². The molecule has 154 valence electrons. The first-order valence-corrected chi connectivity index (χ1v) is 10.7. The van der Waals surface area contributed by atoms with Crippen LogP contribution in [0.2, 0.25) is 0 Å². The lowest BCUT2D eigenvalue weighted by Gasteiger charge is -2.14. The molecule has 3 aromatic carbocycles. The quantitative estimate of drug-likeness (QED) is 0.587. The van der Waals surface area contributed by atoms with Gasteiger partial charge in [0.05, 0.1) is 0 Å². The van der Waals surface area contributed by atoms with Crippen LogP contribution in [0.25, 0.3) is 11.1 Å². The molecule has 1 aliphatic heterocycles. The van der Waals surface area contributed by atoms with E-state index in [4.69, 9.17) is 4.74 Å². The fraction of sp³-hybridized carbons (Fsp3) is 0.269. The van der Waals surface area contributed by atoms with E-state index in [0.717, 1.165) is 24.1 Å². The predicted octanol–water partition coefficient (Wildman–Crippen LogP) is 5.28. The Morgan fingerprint density at radius 3 is 2.13 bits per heavy atom. The van der Waals surface area contributed by atoms with Gasteiger partial charge in [-0.05, 0) is 66.7 Å². The predicted molar refractivity (Wildman–Crippen MR) is 121 cm³/mol. The monoisotopic (exact) mass is 400 g/mol. The summed E-state index contributed by atoms with van der Waals surface area (Å²) in [7, 11) is 0. The van der Waals surface area contributed by atoms with Gasteiger partial charge in [-0.15, -0.1) is 0 Å². The molecular formula is C26H28N2O2. The number of amides is 1. The highest BCUT2D eigenvalue weighted by molar-refractivity contribution is 5.71. The molecule has 0 radical (unpaired) electrons. The highest BCUT2D eigenvalue weighted by Crippen LogP contribution is 2.22. The average Bonchev–Trinajstić information content (AvgIpc) is 3.29. The van der Waals surface area contributed by atoms with E-state index in [-0.39, 0.29) is 0 Å². The molecule has 0 unspecified atom stereocenters. The van der Waals surface area contributed by atoms with E-state index in [9.17, 15) is 4.79 Å². The Labute approximate surface area is 178 Å². The van der Waals surface area contributed by atoms with E-state index in [1.165, 1.54) is 37.1 Å². The van der Waals surface area contributed by atoms with E-state index in [1.54, 1.807) is 0 Å². The average molecular weight is 401 g/mol. The number of rotatable bonds is 7. The van der Waals surface area contributed by atoms with Gasteiger partial charge in [-0.25, -0.2) is 4.79 Å². The van der Waals surface area contributed by atoms with Crippen LogP contribution in [0.3, 0.4) is 0 Å². The molecule has 4 heteroatoms. The number of benzene rings is 3. The molecule has 1 N–H and O–H groups in total.